The molecule has 1 aliphatic rings. The first-order valence-corrected chi connectivity index (χ1v) is 7.31. The number of morpholine rings is 1. The van der Waals surface area contributed by atoms with Gasteiger partial charge in [-0.2, -0.15) is 0 Å². The highest BCUT2D eigenvalue weighted by Crippen LogP contribution is 2.31. The van der Waals surface area contributed by atoms with Crippen molar-refractivity contribution in [1.29, 1.82) is 0 Å². The highest BCUT2D eigenvalue weighted by atomic mass is 35.5. The van der Waals surface area contributed by atoms with E-state index in [1.54, 1.807) is 6.07 Å². The molecule has 0 aromatic heterocycles. The van der Waals surface area contributed by atoms with Gasteiger partial charge in [0.2, 0.25) is 0 Å². The van der Waals surface area contributed by atoms with Gasteiger partial charge in [0.15, 0.2) is 0 Å². The fourth-order valence-electron chi connectivity index (χ4n) is 2.16. The molecule has 1 aromatic rings. The summed E-state index contributed by atoms with van der Waals surface area (Å²) in [6, 6.07) is 3.58. The number of halogens is 2. The summed E-state index contributed by atoms with van der Waals surface area (Å²) in [5.74, 6) is 0.744. The summed E-state index contributed by atoms with van der Waals surface area (Å²) in [6.45, 7) is 7.36. The van der Waals surface area contributed by atoms with Crippen LogP contribution < -0.4 is 4.74 Å². The van der Waals surface area contributed by atoms with E-state index in [1.165, 1.54) is 0 Å². The van der Waals surface area contributed by atoms with Crippen LogP contribution in [0.15, 0.2) is 12.1 Å². The predicted molar refractivity (Wildman–Crippen MR) is 78.6 cm³/mol. The van der Waals surface area contributed by atoms with Crippen molar-refractivity contribution in [2.75, 3.05) is 39.5 Å². The van der Waals surface area contributed by atoms with E-state index < -0.39 is 0 Å². The quantitative estimate of drug-likeness (QED) is 0.778. The van der Waals surface area contributed by atoms with E-state index in [4.69, 9.17) is 32.7 Å². The van der Waals surface area contributed by atoms with Gasteiger partial charge in [-0.15, -0.1) is 0 Å². The lowest BCUT2D eigenvalue weighted by atomic mass is 10.2. The number of nitrogens with zero attached hydrogens (tertiary/aromatic N) is 1. The molecule has 0 amide bonds. The third-order valence-electron chi connectivity index (χ3n) is 3.16. The molecule has 0 bridgehead atoms. The normalized spacial score (nSPS) is 16.6. The van der Waals surface area contributed by atoms with E-state index in [0.717, 1.165) is 50.6 Å². The van der Waals surface area contributed by atoms with Gasteiger partial charge in [0.05, 0.1) is 24.8 Å². The predicted octanol–water partition coefficient (Wildman–Crippen LogP) is 3.40. The van der Waals surface area contributed by atoms with Gasteiger partial charge in [-0.25, -0.2) is 0 Å². The fraction of sp³-hybridized carbons (Fsp3) is 0.571. The maximum atomic E-state index is 6.13. The number of hydrogen-bond acceptors (Lipinski definition) is 3. The molecule has 0 saturated carbocycles. The van der Waals surface area contributed by atoms with Crippen LogP contribution in [0.3, 0.4) is 0 Å². The molecule has 0 unspecified atom stereocenters. The van der Waals surface area contributed by atoms with Gasteiger partial charge in [-0.1, -0.05) is 23.2 Å². The Bertz CT molecular complexity index is 397. The van der Waals surface area contributed by atoms with E-state index in [9.17, 15) is 0 Å². The standard InChI is InChI=1S/C14H19Cl2NO2/c1-11-9-12(15)10-13(16)14(11)19-6-2-3-17-4-7-18-8-5-17/h9-10H,2-8H2,1H3. The highest BCUT2D eigenvalue weighted by Gasteiger charge is 2.10. The molecule has 1 heterocycles. The molecule has 1 saturated heterocycles. The Kier molecular flexibility index (Phi) is 5.76. The van der Waals surface area contributed by atoms with Gasteiger partial charge in [-0.3, -0.25) is 4.90 Å². The summed E-state index contributed by atoms with van der Waals surface area (Å²) in [5.41, 5.74) is 0.976. The average molecular weight is 304 g/mol. The van der Waals surface area contributed by atoms with Gasteiger partial charge in [0, 0.05) is 24.7 Å². The second-order valence-electron chi connectivity index (χ2n) is 4.69. The molecule has 3 nitrogen and oxygen atoms in total. The van der Waals surface area contributed by atoms with Gasteiger partial charge < -0.3 is 9.47 Å². The van der Waals surface area contributed by atoms with Crippen molar-refractivity contribution in [3.63, 3.8) is 0 Å². The molecule has 1 aromatic carbocycles. The third kappa shape index (κ3) is 4.53. The molecule has 2 rings (SSSR count). The van der Waals surface area contributed by atoms with Gasteiger partial charge in [-0.05, 0) is 31.0 Å². The number of rotatable bonds is 5. The summed E-state index contributed by atoms with van der Waals surface area (Å²) in [4.78, 5) is 2.39. The number of hydrogen-bond donors (Lipinski definition) is 0. The molecule has 1 fully saturated rings. The molecular formula is C14H19Cl2NO2. The Morgan fingerprint density at radius 2 is 2.00 bits per heavy atom. The molecule has 19 heavy (non-hydrogen) atoms. The van der Waals surface area contributed by atoms with Crippen molar-refractivity contribution in [1.82, 2.24) is 4.90 Å². The van der Waals surface area contributed by atoms with Crippen LogP contribution in [-0.4, -0.2) is 44.4 Å². The minimum atomic E-state index is 0.580. The Balaban J connectivity index is 1.76. The Morgan fingerprint density at radius 3 is 2.68 bits per heavy atom. The summed E-state index contributed by atoms with van der Waals surface area (Å²) >= 11 is 12.1. The average Bonchev–Trinajstić information content (AvgIpc) is 2.38. The highest BCUT2D eigenvalue weighted by molar-refractivity contribution is 6.35. The van der Waals surface area contributed by atoms with Gasteiger partial charge in [0.25, 0.3) is 0 Å². The smallest absolute Gasteiger partial charge is 0.140 e. The van der Waals surface area contributed by atoms with Crippen LogP contribution in [0.25, 0.3) is 0 Å². The monoisotopic (exact) mass is 303 g/mol. The van der Waals surface area contributed by atoms with E-state index >= 15 is 0 Å². The molecule has 106 valence electrons. The van der Waals surface area contributed by atoms with Crippen molar-refractivity contribution >= 4 is 23.2 Å². The number of benzene rings is 1. The van der Waals surface area contributed by atoms with Crippen LogP contribution in [0, 0.1) is 6.92 Å². The van der Waals surface area contributed by atoms with E-state index in [0.29, 0.717) is 16.7 Å². The zero-order chi connectivity index (χ0) is 13.7. The third-order valence-corrected chi connectivity index (χ3v) is 3.66. The second kappa shape index (κ2) is 7.34. The van der Waals surface area contributed by atoms with Crippen LogP contribution in [0.2, 0.25) is 10.0 Å². The van der Waals surface area contributed by atoms with Crippen LogP contribution >= 0.6 is 23.2 Å². The van der Waals surface area contributed by atoms with Crippen LogP contribution in [0.1, 0.15) is 12.0 Å². The van der Waals surface area contributed by atoms with E-state index in [-0.39, 0.29) is 0 Å². The SMILES string of the molecule is Cc1cc(Cl)cc(Cl)c1OCCCN1CCOCC1. The molecule has 0 N–H and O–H groups in total. The summed E-state index contributed by atoms with van der Waals surface area (Å²) in [7, 11) is 0. The van der Waals surface area contributed by atoms with E-state index in [2.05, 4.69) is 4.90 Å². The van der Waals surface area contributed by atoms with Crippen molar-refractivity contribution < 1.29 is 9.47 Å². The Morgan fingerprint density at radius 1 is 1.26 bits per heavy atom. The molecule has 0 radical (unpaired) electrons. The summed E-state index contributed by atoms with van der Waals surface area (Å²) in [5, 5.41) is 1.22. The topological polar surface area (TPSA) is 21.7 Å². The van der Waals surface area contributed by atoms with Crippen molar-refractivity contribution in [3.8, 4) is 5.75 Å². The Labute approximate surface area is 124 Å². The van der Waals surface area contributed by atoms with Gasteiger partial charge in [0.1, 0.15) is 5.75 Å². The van der Waals surface area contributed by atoms with Crippen molar-refractivity contribution in [2.45, 2.75) is 13.3 Å². The first-order chi connectivity index (χ1) is 9.16. The molecule has 0 atom stereocenters. The zero-order valence-corrected chi connectivity index (χ0v) is 12.6. The molecule has 0 spiro atoms. The lowest BCUT2D eigenvalue weighted by molar-refractivity contribution is 0.0358. The summed E-state index contributed by atoms with van der Waals surface area (Å²) in [6.07, 6.45) is 0.985. The maximum absolute atomic E-state index is 6.13. The van der Waals surface area contributed by atoms with Crippen LogP contribution in [0.5, 0.6) is 5.75 Å². The van der Waals surface area contributed by atoms with E-state index in [1.807, 2.05) is 13.0 Å². The fourth-order valence-corrected chi connectivity index (χ4v) is 2.81. The van der Waals surface area contributed by atoms with Crippen molar-refractivity contribution in [2.24, 2.45) is 0 Å². The first kappa shape index (κ1) is 14.9. The number of aryl methyl sites for hydroxylation is 1. The molecule has 0 aliphatic carbocycles. The summed E-state index contributed by atoms with van der Waals surface area (Å²) < 4.78 is 11.1. The number of ether oxygens (including phenoxy) is 2. The van der Waals surface area contributed by atoms with Crippen LogP contribution in [0.4, 0.5) is 0 Å². The minimum Gasteiger partial charge on any atom is -0.492 e. The minimum absolute atomic E-state index is 0.580. The second-order valence-corrected chi connectivity index (χ2v) is 5.53. The molecule has 1 aliphatic heterocycles. The lowest BCUT2D eigenvalue weighted by Crippen LogP contribution is -2.37. The molecule has 5 heteroatoms. The Hall–Kier alpha value is -0.480. The van der Waals surface area contributed by atoms with Crippen LogP contribution in [-0.2, 0) is 4.74 Å². The zero-order valence-electron chi connectivity index (χ0n) is 11.1. The largest absolute Gasteiger partial charge is 0.492 e. The molecular weight excluding hydrogens is 285 g/mol. The maximum Gasteiger partial charge on any atom is 0.140 e. The van der Waals surface area contributed by atoms with Gasteiger partial charge >= 0.3 is 0 Å². The van der Waals surface area contributed by atoms with Crippen molar-refractivity contribution in [3.05, 3.63) is 27.7 Å². The first-order valence-electron chi connectivity index (χ1n) is 6.55. The lowest BCUT2D eigenvalue weighted by Gasteiger charge is -2.26.